The normalized spacial score (nSPS) is 12.1. The van der Waals surface area contributed by atoms with Gasteiger partial charge < -0.3 is 5.32 Å². The molecule has 1 atom stereocenters. The maximum Gasteiger partial charge on any atom is 0.130 e. The van der Waals surface area contributed by atoms with E-state index >= 15 is 0 Å². The van der Waals surface area contributed by atoms with Gasteiger partial charge in [-0.1, -0.05) is 6.07 Å². The van der Waals surface area contributed by atoms with Gasteiger partial charge in [-0.3, -0.25) is 0 Å². The fourth-order valence-corrected chi connectivity index (χ4v) is 1.37. The number of benzene rings is 1. The summed E-state index contributed by atoms with van der Waals surface area (Å²) in [4.78, 5) is 0. The molecule has 0 fully saturated rings. The molecule has 4 heteroatoms. The van der Waals surface area contributed by atoms with Crippen LogP contribution in [0, 0.1) is 23.0 Å². The zero-order valence-electron chi connectivity index (χ0n) is 8.43. The van der Waals surface area contributed by atoms with E-state index in [4.69, 9.17) is 5.26 Å². The van der Waals surface area contributed by atoms with Gasteiger partial charge in [-0.05, 0) is 19.1 Å². The van der Waals surface area contributed by atoms with Gasteiger partial charge in [0.05, 0.1) is 6.07 Å². The van der Waals surface area contributed by atoms with Crippen LogP contribution in [0.15, 0.2) is 18.2 Å². The van der Waals surface area contributed by atoms with E-state index in [1.165, 1.54) is 18.2 Å². The monoisotopic (exact) mass is 210 g/mol. The minimum Gasteiger partial charge on any atom is -0.309 e. The van der Waals surface area contributed by atoms with E-state index in [-0.39, 0.29) is 5.56 Å². The van der Waals surface area contributed by atoms with Crippen LogP contribution in [-0.4, -0.2) is 6.54 Å². The second-order valence-electron chi connectivity index (χ2n) is 3.22. The van der Waals surface area contributed by atoms with Crippen LogP contribution < -0.4 is 5.32 Å². The molecular weight excluding hydrogens is 198 g/mol. The SMILES string of the molecule is CC(NCCC#N)c1c(F)cccc1F. The molecule has 2 nitrogen and oxygen atoms in total. The summed E-state index contributed by atoms with van der Waals surface area (Å²) in [5, 5.41) is 11.2. The summed E-state index contributed by atoms with van der Waals surface area (Å²) in [6.07, 6.45) is 0.320. The Morgan fingerprint density at radius 1 is 1.40 bits per heavy atom. The van der Waals surface area contributed by atoms with E-state index in [0.717, 1.165) is 0 Å². The first-order valence-electron chi connectivity index (χ1n) is 4.71. The summed E-state index contributed by atoms with van der Waals surface area (Å²) in [6.45, 7) is 2.09. The van der Waals surface area contributed by atoms with Gasteiger partial charge in [0, 0.05) is 24.6 Å². The van der Waals surface area contributed by atoms with E-state index in [1.807, 2.05) is 6.07 Å². The molecule has 1 aromatic rings. The van der Waals surface area contributed by atoms with Crippen LogP contribution in [0.3, 0.4) is 0 Å². The Hall–Kier alpha value is -1.47. The average molecular weight is 210 g/mol. The molecule has 1 N–H and O–H groups in total. The molecule has 0 amide bonds. The molecule has 80 valence electrons. The third-order valence-electron chi connectivity index (χ3n) is 2.12. The minimum atomic E-state index is -0.563. The predicted molar refractivity (Wildman–Crippen MR) is 53.0 cm³/mol. The van der Waals surface area contributed by atoms with Crippen molar-refractivity contribution >= 4 is 0 Å². The minimum absolute atomic E-state index is 0.0236. The summed E-state index contributed by atoms with van der Waals surface area (Å²) in [7, 11) is 0. The number of hydrogen-bond donors (Lipinski definition) is 1. The van der Waals surface area contributed by atoms with E-state index in [9.17, 15) is 8.78 Å². The van der Waals surface area contributed by atoms with Crippen molar-refractivity contribution < 1.29 is 8.78 Å². The summed E-state index contributed by atoms with van der Waals surface area (Å²) in [5.74, 6) is -1.13. The van der Waals surface area contributed by atoms with Gasteiger partial charge in [-0.15, -0.1) is 0 Å². The van der Waals surface area contributed by atoms with Crippen molar-refractivity contribution in [1.29, 1.82) is 5.26 Å². The predicted octanol–water partition coefficient (Wildman–Crippen LogP) is 2.53. The fraction of sp³-hybridized carbons (Fsp3) is 0.364. The molecule has 0 aliphatic rings. The first kappa shape index (κ1) is 11.6. The van der Waals surface area contributed by atoms with Crippen LogP contribution in [0.2, 0.25) is 0 Å². The van der Waals surface area contributed by atoms with Crippen molar-refractivity contribution in [2.75, 3.05) is 6.54 Å². The molecule has 0 spiro atoms. The second kappa shape index (κ2) is 5.42. The largest absolute Gasteiger partial charge is 0.309 e. The fourth-order valence-electron chi connectivity index (χ4n) is 1.37. The number of hydrogen-bond acceptors (Lipinski definition) is 2. The van der Waals surface area contributed by atoms with E-state index < -0.39 is 17.7 Å². The highest BCUT2D eigenvalue weighted by Crippen LogP contribution is 2.19. The molecular formula is C11H12F2N2. The summed E-state index contributed by atoms with van der Waals surface area (Å²) < 4.78 is 26.5. The number of nitrogens with zero attached hydrogens (tertiary/aromatic N) is 1. The van der Waals surface area contributed by atoms with Crippen molar-refractivity contribution in [3.05, 3.63) is 35.4 Å². The van der Waals surface area contributed by atoms with Crippen LogP contribution in [0.4, 0.5) is 8.78 Å². The van der Waals surface area contributed by atoms with Crippen LogP contribution in [0.1, 0.15) is 24.9 Å². The van der Waals surface area contributed by atoms with Gasteiger partial charge in [0.2, 0.25) is 0 Å². The molecule has 1 unspecified atom stereocenters. The molecule has 0 bridgehead atoms. The zero-order chi connectivity index (χ0) is 11.3. The van der Waals surface area contributed by atoms with Gasteiger partial charge in [-0.2, -0.15) is 5.26 Å². The van der Waals surface area contributed by atoms with Crippen molar-refractivity contribution in [3.8, 4) is 6.07 Å². The molecule has 0 saturated carbocycles. The quantitative estimate of drug-likeness (QED) is 0.775. The van der Waals surface area contributed by atoms with Crippen LogP contribution in [0.25, 0.3) is 0 Å². The maximum absolute atomic E-state index is 13.3. The van der Waals surface area contributed by atoms with Gasteiger partial charge in [0.15, 0.2) is 0 Å². The molecule has 0 saturated heterocycles. The Labute approximate surface area is 87.5 Å². The Kier molecular flexibility index (Phi) is 4.19. The molecule has 0 aromatic heterocycles. The molecule has 0 heterocycles. The van der Waals surface area contributed by atoms with Crippen molar-refractivity contribution in [3.63, 3.8) is 0 Å². The van der Waals surface area contributed by atoms with Gasteiger partial charge in [-0.25, -0.2) is 8.78 Å². The lowest BCUT2D eigenvalue weighted by Crippen LogP contribution is -2.21. The van der Waals surface area contributed by atoms with Crippen molar-refractivity contribution in [1.82, 2.24) is 5.32 Å². The maximum atomic E-state index is 13.3. The highest BCUT2D eigenvalue weighted by atomic mass is 19.1. The van der Waals surface area contributed by atoms with Crippen molar-refractivity contribution in [2.45, 2.75) is 19.4 Å². The van der Waals surface area contributed by atoms with Gasteiger partial charge >= 0.3 is 0 Å². The Bertz CT molecular complexity index is 351. The van der Waals surface area contributed by atoms with Crippen LogP contribution in [0.5, 0.6) is 0 Å². The Balaban J connectivity index is 2.73. The highest BCUT2D eigenvalue weighted by Gasteiger charge is 2.14. The summed E-state index contributed by atoms with van der Waals surface area (Å²) in [6, 6.07) is 5.30. The molecule has 0 aliphatic heterocycles. The molecule has 15 heavy (non-hydrogen) atoms. The molecule has 0 aliphatic carbocycles. The lowest BCUT2D eigenvalue weighted by atomic mass is 10.1. The third-order valence-corrected chi connectivity index (χ3v) is 2.12. The van der Waals surface area contributed by atoms with Gasteiger partial charge in [0.25, 0.3) is 0 Å². The number of nitrogens with one attached hydrogen (secondary N) is 1. The Morgan fingerprint density at radius 3 is 2.53 bits per heavy atom. The van der Waals surface area contributed by atoms with Crippen molar-refractivity contribution in [2.24, 2.45) is 0 Å². The number of nitriles is 1. The average Bonchev–Trinajstić information content (AvgIpc) is 2.18. The topological polar surface area (TPSA) is 35.8 Å². The smallest absolute Gasteiger partial charge is 0.130 e. The lowest BCUT2D eigenvalue weighted by molar-refractivity contribution is 0.492. The van der Waals surface area contributed by atoms with Gasteiger partial charge in [0.1, 0.15) is 11.6 Å². The third kappa shape index (κ3) is 3.00. The lowest BCUT2D eigenvalue weighted by Gasteiger charge is -2.14. The highest BCUT2D eigenvalue weighted by molar-refractivity contribution is 5.22. The second-order valence-corrected chi connectivity index (χ2v) is 3.22. The van der Waals surface area contributed by atoms with E-state index in [0.29, 0.717) is 13.0 Å². The first-order chi connectivity index (χ1) is 7.16. The van der Waals surface area contributed by atoms with E-state index in [1.54, 1.807) is 6.92 Å². The number of halogens is 2. The summed E-state index contributed by atoms with van der Waals surface area (Å²) >= 11 is 0. The van der Waals surface area contributed by atoms with Crippen LogP contribution >= 0.6 is 0 Å². The number of rotatable bonds is 4. The Morgan fingerprint density at radius 2 is 2.00 bits per heavy atom. The first-order valence-corrected chi connectivity index (χ1v) is 4.71. The standard InChI is InChI=1S/C11H12F2N2/c1-8(15-7-3-6-14)11-9(12)4-2-5-10(11)13/h2,4-5,8,15H,3,7H2,1H3. The summed E-state index contributed by atoms with van der Waals surface area (Å²) in [5.41, 5.74) is 0.0236. The van der Waals surface area contributed by atoms with E-state index in [2.05, 4.69) is 5.32 Å². The molecule has 1 rings (SSSR count). The van der Waals surface area contributed by atoms with Crippen LogP contribution in [-0.2, 0) is 0 Å². The zero-order valence-corrected chi connectivity index (χ0v) is 8.43. The molecule has 0 radical (unpaired) electrons. The molecule has 1 aromatic carbocycles.